The van der Waals surface area contributed by atoms with Gasteiger partial charge in [-0.05, 0) is 0 Å². The first-order valence-electron chi connectivity index (χ1n) is 4.21. The minimum Gasteiger partial charge on any atom is -0.481 e. The molecule has 5 nitrogen and oxygen atoms in total. The fourth-order valence-corrected chi connectivity index (χ4v) is 2.34. The van der Waals surface area contributed by atoms with Crippen LogP contribution in [0.5, 0.6) is 0 Å². The summed E-state index contributed by atoms with van der Waals surface area (Å²) in [6.45, 7) is 3.06. The molecule has 0 heterocycles. The van der Waals surface area contributed by atoms with Crippen LogP contribution < -0.4 is 5.73 Å². The molecule has 0 aliphatic carbocycles. The summed E-state index contributed by atoms with van der Waals surface area (Å²) in [6, 6.07) is 0. The number of hydrogen-bond acceptors (Lipinski definition) is 3. The van der Waals surface area contributed by atoms with Gasteiger partial charge in [0, 0.05) is 28.2 Å². The van der Waals surface area contributed by atoms with Crippen LogP contribution in [0.3, 0.4) is 0 Å². The first-order valence-corrected chi connectivity index (χ1v) is 5.70. The number of primary amides is 1. The van der Waals surface area contributed by atoms with E-state index < -0.39 is 34.5 Å². The van der Waals surface area contributed by atoms with Crippen molar-refractivity contribution in [3.63, 3.8) is 0 Å². The van der Waals surface area contributed by atoms with E-state index in [0.717, 1.165) is 0 Å². The molecule has 0 aliphatic rings. The van der Waals surface area contributed by atoms with Crippen LogP contribution in [0.1, 0.15) is 13.8 Å². The van der Waals surface area contributed by atoms with Crippen molar-refractivity contribution in [1.82, 2.24) is 0 Å². The number of aliphatic carboxylic acids is 1. The van der Waals surface area contributed by atoms with Crippen LogP contribution in [0.15, 0.2) is 0 Å². The van der Waals surface area contributed by atoms with E-state index in [4.69, 9.17) is 10.8 Å². The average Bonchev–Trinajstić information content (AvgIpc) is 2.03. The second-order valence-electron chi connectivity index (χ2n) is 3.32. The summed E-state index contributed by atoms with van der Waals surface area (Å²) in [4.78, 5) is 21.1. The van der Waals surface area contributed by atoms with Crippen molar-refractivity contribution in [2.24, 2.45) is 17.6 Å². The van der Waals surface area contributed by atoms with E-state index in [1.54, 1.807) is 6.92 Å². The van der Waals surface area contributed by atoms with Gasteiger partial charge in [0.2, 0.25) is 5.91 Å². The molecule has 0 fully saturated rings. The molecule has 6 heteroatoms. The standard InChI is InChI=1S/C8H15NO4S/c1-5(7(9)10)3-14(13)4-6(2)8(11)12/h5-6H,3-4H2,1-2H3,(H2,9,10)(H,11,12). The molecule has 0 radical (unpaired) electrons. The van der Waals surface area contributed by atoms with E-state index in [0.29, 0.717) is 0 Å². The zero-order valence-corrected chi connectivity index (χ0v) is 9.04. The lowest BCUT2D eigenvalue weighted by Gasteiger charge is -2.08. The van der Waals surface area contributed by atoms with Crippen LogP contribution in [0.2, 0.25) is 0 Å². The lowest BCUT2D eigenvalue weighted by atomic mass is 10.2. The van der Waals surface area contributed by atoms with E-state index in [1.807, 2.05) is 0 Å². The van der Waals surface area contributed by atoms with Crippen molar-refractivity contribution in [3.8, 4) is 0 Å². The van der Waals surface area contributed by atoms with Crippen molar-refractivity contribution >= 4 is 22.7 Å². The Bertz CT molecular complexity index is 230. The monoisotopic (exact) mass is 221 g/mol. The maximum absolute atomic E-state index is 11.3. The number of nitrogens with two attached hydrogens (primary N) is 1. The van der Waals surface area contributed by atoms with Crippen molar-refractivity contribution in [2.75, 3.05) is 11.5 Å². The van der Waals surface area contributed by atoms with Gasteiger partial charge in [-0.25, -0.2) is 0 Å². The van der Waals surface area contributed by atoms with Gasteiger partial charge in [0.05, 0.1) is 5.92 Å². The first-order chi connectivity index (χ1) is 6.34. The Kier molecular flexibility index (Phi) is 5.37. The third-order valence-electron chi connectivity index (χ3n) is 1.78. The summed E-state index contributed by atoms with van der Waals surface area (Å²) in [7, 11) is -1.30. The van der Waals surface area contributed by atoms with E-state index in [-0.39, 0.29) is 11.5 Å². The van der Waals surface area contributed by atoms with Crippen molar-refractivity contribution in [1.29, 1.82) is 0 Å². The number of amides is 1. The van der Waals surface area contributed by atoms with Crippen LogP contribution in [-0.4, -0.2) is 32.7 Å². The molecule has 14 heavy (non-hydrogen) atoms. The predicted octanol–water partition coefficient (Wildman–Crippen LogP) is -0.423. The highest BCUT2D eigenvalue weighted by Gasteiger charge is 2.18. The Labute approximate surface area is 85.1 Å². The van der Waals surface area contributed by atoms with Gasteiger partial charge in [-0.2, -0.15) is 0 Å². The smallest absolute Gasteiger partial charge is 0.307 e. The minimum absolute atomic E-state index is 0.0625. The molecule has 0 aromatic carbocycles. The molecular weight excluding hydrogens is 206 g/mol. The van der Waals surface area contributed by atoms with E-state index in [2.05, 4.69) is 0 Å². The molecule has 1 amide bonds. The third kappa shape index (κ3) is 4.96. The normalized spacial score (nSPS) is 17.0. The third-order valence-corrected chi connectivity index (χ3v) is 3.52. The quantitative estimate of drug-likeness (QED) is 0.636. The number of rotatable bonds is 6. The molecule has 3 unspecified atom stereocenters. The van der Waals surface area contributed by atoms with Crippen LogP contribution in [-0.2, 0) is 20.4 Å². The van der Waals surface area contributed by atoms with Crippen LogP contribution >= 0.6 is 0 Å². The van der Waals surface area contributed by atoms with Gasteiger partial charge in [-0.1, -0.05) is 13.8 Å². The van der Waals surface area contributed by atoms with Crippen molar-refractivity contribution in [2.45, 2.75) is 13.8 Å². The fourth-order valence-electron chi connectivity index (χ4n) is 0.779. The molecule has 0 aliphatic heterocycles. The van der Waals surface area contributed by atoms with Crippen LogP contribution in [0.4, 0.5) is 0 Å². The number of carboxylic acid groups (broad SMARTS) is 1. The van der Waals surface area contributed by atoms with Crippen molar-refractivity contribution in [3.05, 3.63) is 0 Å². The highest BCUT2D eigenvalue weighted by atomic mass is 32.2. The Morgan fingerprint density at radius 3 is 2.07 bits per heavy atom. The highest BCUT2D eigenvalue weighted by molar-refractivity contribution is 7.85. The van der Waals surface area contributed by atoms with Gasteiger partial charge >= 0.3 is 5.97 Å². The Hall–Kier alpha value is -0.910. The van der Waals surface area contributed by atoms with E-state index in [1.165, 1.54) is 6.92 Å². The molecule has 0 spiro atoms. The van der Waals surface area contributed by atoms with Gasteiger partial charge in [-0.15, -0.1) is 0 Å². The second kappa shape index (κ2) is 5.74. The van der Waals surface area contributed by atoms with Crippen LogP contribution in [0, 0.1) is 11.8 Å². The summed E-state index contributed by atoms with van der Waals surface area (Å²) in [5.74, 6) is -2.43. The van der Waals surface area contributed by atoms with Gasteiger partial charge in [0.15, 0.2) is 0 Å². The minimum atomic E-state index is -1.30. The van der Waals surface area contributed by atoms with Crippen molar-refractivity contribution < 1.29 is 18.9 Å². The summed E-state index contributed by atoms with van der Waals surface area (Å²) in [5.41, 5.74) is 4.99. The van der Waals surface area contributed by atoms with Gasteiger partial charge in [0.25, 0.3) is 0 Å². The number of carboxylic acids is 1. The molecule has 82 valence electrons. The number of hydrogen-bond donors (Lipinski definition) is 2. The summed E-state index contributed by atoms with van der Waals surface area (Å²) in [5, 5.41) is 8.55. The molecular formula is C8H15NO4S. The lowest BCUT2D eigenvalue weighted by molar-refractivity contribution is -0.140. The molecule has 3 atom stereocenters. The summed E-state index contributed by atoms with van der Waals surface area (Å²) < 4.78 is 11.3. The molecule has 0 rings (SSSR count). The molecule has 0 aromatic heterocycles. The molecule has 3 N–H and O–H groups in total. The highest BCUT2D eigenvalue weighted by Crippen LogP contribution is 2.03. The van der Waals surface area contributed by atoms with Crippen LogP contribution in [0.25, 0.3) is 0 Å². The average molecular weight is 221 g/mol. The summed E-state index contributed by atoms with van der Waals surface area (Å²) >= 11 is 0. The van der Waals surface area contributed by atoms with Gasteiger partial charge in [-0.3, -0.25) is 13.8 Å². The lowest BCUT2D eigenvalue weighted by Crippen LogP contribution is -2.28. The topological polar surface area (TPSA) is 97.5 Å². The summed E-state index contributed by atoms with van der Waals surface area (Å²) in [6.07, 6.45) is 0. The maximum atomic E-state index is 11.3. The fraction of sp³-hybridized carbons (Fsp3) is 0.750. The van der Waals surface area contributed by atoms with Gasteiger partial charge < -0.3 is 10.8 Å². The predicted molar refractivity (Wildman–Crippen MR) is 53.0 cm³/mol. The molecule has 0 saturated carbocycles. The first kappa shape index (κ1) is 13.1. The molecule has 0 aromatic rings. The maximum Gasteiger partial charge on any atom is 0.307 e. The Morgan fingerprint density at radius 1 is 1.29 bits per heavy atom. The Morgan fingerprint density at radius 2 is 1.71 bits per heavy atom. The zero-order chi connectivity index (χ0) is 11.3. The van der Waals surface area contributed by atoms with E-state index in [9.17, 15) is 13.8 Å². The van der Waals surface area contributed by atoms with E-state index >= 15 is 0 Å². The second-order valence-corrected chi connectivity index (χ2v) is 4.86. The zero-order valence-electron chi connectivity index (χ0n) is 8.23. The Balaban J connectivity index is 3.99. The van der Waals surface area contributed by atoms with Gasteiger partial charge in [0.1, 0.15) is 0 Å². The SMILES string of the molecule is CC(CS(=O)CC(C)C(=O)O)C(N)=O. The molecule has 0 bridgehead atoms. The largest absolute Gasteiger partial charge is 0.481 e. The number of carbonyl (C=O) groups excluding carboxylic acids is 1. The molecule has 0 saturated heterocycles. The number of carbonyl (C=O) groups is 2.